The molecule has 0 aliphatic heterocycles. The van der Waals surface area contributed by atoms with Crippen LogP contribution >= 0.6 is 11.3 Å². The molecule has 1 atom stereocenters. The summed E-state index contributed by atoms with van der Waals surface area (Å²) in [5.74, 6) is -1.07. The van der Waals surface area contributed by atoms with Gasteiger partial charge in [0, 0.05) is 13.1 Å². The average Bonchev–Trinajstić information content (AvgIpc) is 3.21. The summed E-state index contributed by atoms with van der Waals surface area (Å²) in [6.07, 6.45) is 4.97. The minimum Gasteiger partial charge on any atom is -0.363 e. The number of rotatable bonds is 3. The van der Waals surface area contributed by atoms with E-state index in [4.69, 9.17) is 0 Å². The Hall–Kier alpha value is -2.22. The smallest absolute Gasteiger partial charge is 0.315 e. The number of hydrogen-bond acceptors (Lipinski definition) is 6. The molecule has 1 N–H and O–H groups in total. The number of hydrogen-bond donors (Lipinski definition) is 1. The molecule has 0 fully saturated rings. The normalized spacial score (nSPS) is 16.7. The van der Waals surface area contributed by atoms with E-state index in [0.717, 1.165) is 41.3 Å². The van der Waals surface area contributed by atoms with E-state index >= 15 is 0 Å². The van der Waals surface area contributed by atoms with Crippen molar-refractivity contribution >= 4 is 29.0 Å². The number of nitrogens with one attached hydrogen (secondary N) is 1. The molecule has 23 heavy (non-hydrogen) atoms. The van der Waals surface area contributed by atoms with E-state index in [1.807, 2.05) is 0 Å². The maximum Gasteiger partial charge on any atom is 0.315 e. The van der Waals surface area contributed by atoms with Crippen LogP contribution in [0.5, 0.6) is 0 Å². The van der Waals surface area contributed by atoms with Gasteiger partial charge in [0.2, 0.25) is 0 Å². The Kier molecular flexibility index (Phi) is 4.42. The zero-order valence-electron chi connectivity index (χ0n) is 13.0. The summed E-state index contributed by atoms with van der Waals surface area (Å²) in [6, 6.07) is 1.40. The van der Waals surface area contributed by atoms with Crippen LogP contribution in [0.15, 0.2) is 16.9 Å². The minimum atomic E-state index is -0.714. The zero-order chi connectivity index (χ0) is 16.4. The third-order valence-electron chi connectivity index (χ3n) is 3.93. The molecule has 0 saturated heterocycles. The van der Waals surface area contributed by atoms with Crippen LogP contribution in [0, 0.1) is 0 Å². The molecule has 0 spiro atoms. The van der Waals surface area contributed by atoms with E-state index in [-0.39, 0.29) is 11.9 Å². The molecule has 0 radical (unpaired) electrons. The molecule has 1 aliphatic rings. The SMILES string of the molecule is CCc1nc2c(s1)[C@@H](N(C)C(=O)C(=O)Nc1ccon1)CCC2. The zero-order valence-corrected chi connectivity index (χ0v) is 13.9. The predicted octanol–water partition coefficient (Wildman–Crippen LogP) is 2.17. The molecule has 0 aromatic carbocycles. The third-order valence-corrected chi connectivity index (χ3v) is 5.27. The second-order valence-electron chi connectivity index (χ2n) is 5.43. The number of aryl methyl sites for hydroxylation is 2. The lowest BCUT2D eigenvalue weighted by atomic mass is 9.97. The van der Waals surface area contributed by atoms with Crippen molar-refractivity contribution in [2.45, 2.75) is 38.6 Å². The monoisotopic (exact) mass is 334 g/mol. The fraction of sp³-hybridized carbons (Fsp3) is 0.467. The summed E-state index contributed by atoms with van der Waals surface area (Å²) in [6.45, 7) is 2.07. The van der Waals surface area contributed by atoms with Crippen LogP contribution in [0.2, 0.25) is 0 Å². The van der Waals surface area contributed by atoms with Crippen molar-refractivity contribution in [1.82, 2.24) is 15.0 Å². The summed E-state index contributed by atoms with van der Waals surface area (Å²) in [5, 5.41) is 7.09. The van der Waals surface area contributed by atoms with Gasteiger partial charge in [0.25, 0.3) is 0 Å². The first-order chi connectivity index (χ1) is 11.1. The number of likely N-dealkylation sites (N-methyl/N-ethyl adjacent to an activating group) is 1. The van der Waals surface area contributed by atoms with Gasteiger partial charge >= 0.3 is 11.8 Å². The lowest BCUT2D eigenvalue weighted by molar-refractivity contribution is -0.143. The van der Waals surface area contributed by atoms with Crippen LogP contribution in [-0.4, -0.2) is 33.9 Å². The highest BCUT2D eigenvalue weighted by atomic mass is 32.1. The van der Waals surface area contributed by atoms with Crippen LogP contribution in [-0.2, 0) is 22.4 Å². The van der Waals surface area contributed by atoms with Gasteiger partial charge in [-0.3, -0.25) is 14.9 Å². The molecule has 2 aromatic heterocycles. The Morgan fingerprint density at radius 3 is 3.04 bits per heavy atom. The number of carbonyl (C=O) groups excluding carboxylic acids is 2. The van der Waals surface area contributed by atoms with E-state index in [2.05, 4.69) is 26.9 Å². The first-order valence-corrected chi connectivity index (χ1v) is 8.38. The largest absolute Gasteiger partial charge is 0.363 e. The van der Waals surface area contributed by atoms with Crippen LogP contribution in [0.3, 0.4) is 0 Å². The van der Waals surface area contributed by atoms with Crippen molar-refractivity contribution in [2.24, 2.45) is 0 Å². The Balaban J connectivity index is 1.75. The summed E-state index contributed by atoms with van der Waals surface area (Å²) < 4.78 is 4.64. The second-order valence-corrected chi connectivity index (χ2v) is 6.55. The highest BCUT2D eigenvalue weighted by Crippen LogP contribution is 2.37. The van der Waals surface area contributed by atoms with Gasteiger partial charge in [-0.25, -0.2) is 4.98 Å². The van der Waals surface area contributed by atoms with Crippen LogP contribution in [0.1, 0.15) is 41.4 Å². The molecule has 2 heterocycles. The standard InChI is InChI=1S/C15H18N4O3S/c1-3-12-16-9-5-4-6-10(13(9)23-12)19(2)15(21)14(20)17-11-7-8-22-18-11/h7-8,10H,3-6H2,1-2H3,(H,17,18,20)/t10-/m0/s1. The number of fused-ring (bicyclic) bond motifs is 1. The molecule has 0 unspecified atom stereocenters. The van der Waals surface area contributed by atoms with Crippen molar-refractivity contribution in [2.75, 3.05) is 12.4 Å². The molecule has 2 aromatic rings. The fourth-order valence-corrected chi connectivity index (χ4v) is 3.95. The number of anilines is 1. The quantitative estimate of drug-likeness (QED) is 0.869. The Bertz CT molecular complexity index is 710. The Morgan fingerprint density at radius 2 is 2.35 bits per heavy atom. The second kappa shape index (κ2) is 6.49. The highest BCUT2D eigenvalue weighted by Gasteiger charge is 2.32. The van der Waals surface area contributed by atoms with Gasteiger partial charge in [-0.05, 0) is 25.7 Å². The third kappa shape index (κ3) is 3.12. The molecular formula is C15H18N4O3S. The number of nitrogens with zero attached hydrogens (tertiary/aromatic N) is 3. The number of amides is 2. The first kappa shape index (κ1) is 15.7. The van der Waals surface area contributed by atoms with Crippen LogP contribution < -0.4 is 5.32 Å². The van der Waals surface area contributed by atoms with Crippen LogP contribution in [0.25, 0.3) is 0 Å². The van der Waals surface area contributed by atoms with E-state index < -0.39 is 11.8 Å². The molecule has 7 nitrogen and oxygen atoms in total. The van der Waals surface area contributed by atoms with Gasteiger partial charge in [-0.2, -0.15) is 0 Å². The molecule has 122 valence electrons. The van der Waals surface area contributed by atoms with Gasteiger partial charge < -0.3 is 9.42 Å². The number of thiazole rings is 1. The van der Waals surface area contributed by atoms with Crippen molar-refractivity contribution < 1.29 is 14.1 Å². The highest BCUT2D eigenvalue weighted by molar-refractivity contribution is 7.11. The molecular weight excluding hydrogens is 316 g/mol. The minimum absolute atomic E-state index is 0.0906. The van der Waals surface area contributed by atoms with Gasteiger partial charge in [0.05, 0.1) is 21.6 Å². The van der Waals surface area contributed by atoms with Gasteiger partial charge in [0.15, 0.2) is 5.82 Å². The van der Waals surface area contributed by atoms with E-state index in [1.165, 1.54) is 17.2 Å². The number of aromatic nitrogens is 2. The lowest BCUT2D eigenvalue weighted by Crippen LogP contribution is -2.40. The first-order valence-electron chi connectivity index (χ1n) is 7.57. The molecule has 8 heteroatoms. The maximum absolute atomic E-state index is 12.4. The van der Waals surface area contributed by atoms with E-state index in [0.29, 0.717) is 0 Å². The van der Waals surface area contributed by atoms with Gasteiger partial charge in [-0.1, -0.05) is 12.1 Å². The molecule has 3 rings (SSSR count). The Labute approximate surface area is 137 Å². The Morgan fingerprint density at radius 1 is 1.52 bits per heavy atom. The van der Waals surface area contributed by atoms with Crippen molar-refractivity contribution in [3.63, 3.8) is 0 Å². The van der Waals surface area contributed by atoms with Gasteiger partial charge in [-0.15, -0.1) is 11.3 Å². The molecule has 1 aliphatic carbocycles. The van der Waals surface area contributed by atoms with E-state index in [1.54, 1.807) is 18.4 Å². The lowest BCUT2D eigenvalue weighted by Gasteiger charge is -2.30. The van der Waals surface area contributed by atoms with Crippen molar-refractivity contribution in [3.8, 4) is 0 Å². The van der Waals surface area contributed by atoms with Crippen molar-refractivity contribution in [3.05, 3.63) is 27.9 Å². The van der Waals surface area contributed by atoms with Crippen molar-refractivity contribution in [1.29, 1.82) is 0 Å². The summed E-state index contributed by atoms with van der Waals surface area (Å²) in [7, 11) is 1.66. The van der Waals surface area contributed by atoms with Gasteiger partial charge in [0.1, 0.15) is 6.26 Å². The fourth-order valence-electron chi connectivity index (χ4n) is 2.72. The molecule has 0 saturated carbocycles. The maximum atomic E-state index is 12.4. The van der Waals surface area contributed by atoms with Crippen LogP contribution in [0.4, 0.5) is 5.82 Å². The molecule has 2 amide bonds. The topological polar surface area (TPSA) is 88.3 Å². The summed E-state index contributed by atoms with van der Waals surface area (Å²) >= 11 is 1.64. The predicted molar refractivity (Wildman–Crippen MR) is 85.1 cm³/mol. The average molecular weight is 334 g/mol. The molecule has 0 bridgehead atoms. The summed E-state index contributed by atoms with van der Waals surface area (Å²) in [5.41, 5.74) is 1.07. The number of carbonyl (C=O) groups is 2. The van der Waals surface area contributed by atoms with E-state index in [9.17, 15) is 9.59 Å². The summed E-state index contributed by atoms with van der Waals surface area (Å²) in [4.78, 5) is 31.7.